The SMILES string of the molecule is CC/C=C\C/C=C\C/C=C\C/C=C\C/C=C\C/C=C\CCC(=O)OCC(COC(=O)CCCCC/C=C\C/C=C\C/C=C\C/C=C\CC)OC(=O)CCCCCCC\C=C/C=C\C=C/C=C\C=C/CCC. The van der Waals surface area contributed by atoms with Gasteiger partial charge in [0.05, 0.1) is 0 Å². The molecule has 0 aromatic carbocycles. The lowest BCUT2D eigenvalue weighted by Crippen LogP contribution is -2.30. The van der Waals surface area contributed by atoms with Gasteiger partial charge in [-0.25, -0.2) is 0 Å². The number of unbranched alkanes of at least 4 members (excludes halogenated alkanes) is 9. The second-order valence-electron chi connectivity index (χ2n) is 17.1. The van der Waals surface area contributed by atoms with E-state index < -0.39 is 6.10 Å². The molecule has 392 valence electrons. The predicted octanol–water partition coefficient (Wildman–Crippen LogP) is 18.5. The van der Waals surface area contributed by atoms with Crippen LogP contribution in [-0.4, -0.2) is 37.2 Å². The molecule has 0 aliphatic rings. The van der Waals surface area contributed by atoms with Gasteiger partial charge in [-0.15, -0.1) is 0 Å². The van der Waals surface area contributed by atoms with Gasteiger partial charge >= 0.3 is 17.9 Å². The number of carbonyl (C=O) groups is 3. The fourth-order valence-corrected chi connectivity index (χ4v) is 6.49. The van der Waals surface area contributed by atoms with Crippen molar-refractivity contribution in [1.82, 2.24) is 0 Å². The maximum atomic E-state index is 12.8. The Kier molecular flexibility index (Phi) is 52.7. The summed E-state index contributed by atoms with van der Waals surface area (Å²) in [7, 11) is 0. The molecule has 0 spiro atoms. The van der Waals surface area contributed by atoms with Gasteiger partial charge in [0.1, 0.15) is 13.2 Å². The van der Waals surface area contributed by atoms with Crippen LogP contribution in [0.15, 0.2) is 182 Å². The summed E-state index contributed by atoms with van der Waals surface area (Å²) in [6.07, 6.45) is 85.9. The maximum absolute atomic E-state index is 12.8. The van der Waals surface area contributed by atoms with Crippen molar-refractivity contribution in [3.8, 4) is 0 Å². The molecule has 1 unspecified atom stereocenters. The van der Waals surface area contributed by atoms with Crippen molar-refractivity contribution in [2.24, 2.45) is 0 Å². The molecule has 0 rings (SSSR count). The molecule has 0 aliphatic heterocycles. The number of ether oxygens (including phenoxy) is 3. The van der Waals surface area contributed by atoms with Crippen molar-refractivity contribution in [1.29, 1.82) is 0 Å². The number of hydrogen-bond donors (Lipinski definition) is 0. The molecule has 0 fully saturated rings. The normalized spacial score (nSPS) is 13.6. The van der Waals surface area contributed by atoms with Crippen LogP contribution in [-0.2, 0) is 28.6 Å². The first-order valence-corrected chi connectivity index (χ1v) is 27.4. The topological polar surface area (TPSA) is 78.9 Å². The van der Waals surface area contributed by atoms with Gasteiger partial charge in [0, 0.05) is 19.3 Å². The molecule has 0 saturated heterocycles. The average molecular weight is 973 g/mol. The van der Waals surface area contributed by atoms with E-state index in [0.717, 1.165) is 128 Å². The third-order valence-corrected chi connectivity index (χ3v) is 10.5. The van der Waals surface area contributed by atoms with Gasteiger partial charge in [-0.2, -0.15) is 0 Å². The zero-order chi connectivity index (χ0) is 51.4. The van der Waals surface area contributed by atoms with Crippen LogP contribution in [0.25, 0.3) is 0 Å². The summed E-state index contributed by atoms with van der Waals surface area (Å²) in [6.45, 7) is 6.18. The lowest BCUT2D eigenvalue weighted by atomic mass is 10.1. The fourth-order valence-electron chi connectivity index (χ4n) is 6.49. The number of carbonyl (C=O) groups excluding carboxylic acids is 3. The number of rotatable bonds is 46. The highest BCUT2D eigenvalue weighted by Gasteiger charge is 2.19. The van der Waals surface area contributed by atoms with Crippen LogP contribution in [0.3, 0.4) is 0 Å². The van der Waals surface area contributed by atoms with E-state index in [-0.39, 0.29) is 44.0 Å². The molecular formula is C65H96O6. The van der Waals surface area contributed by atoms with Crippen LogP contribution in [0.4, 0.5) is 0 Å². The van der Waals surface area contributed by atoms with E-state index in [0.29, 0.717) is 19.3 Å². The zero-order valence-corrected chi connectivity index (χ0v) is 44.6. The Morgan fingerprint density at radius 3 is 1.08 bits per heavy atom. The Morgan fingerprint density at radius 2 is 0.634 bits per heavy atom. The first-order chi connectivity index (χ1) is 35.0. The van der Waals surface area contributed by atoms with E-state index >= 15 is 0 Å². The second kappa shape index (κ2) is 57.1. The van der Waals surface area contributed by atoms with E-state index in [1.807, 2.05) is 48.6 Å². The predicted molar refractivity (Wildman–Crippen MR) is 306 cm³/mol. The average Bonchev–Trinajstić information content (AvgIpc) is 3.37. The molecule has 0 heterocycles. The van der Waals surface area contributed by atoms with Crippen LogP contribution in [0.1, 0.15) is 188 Å². The number of allylic oxidation sites excluding steroid dienone is 30. The summed E-state index contributed by atoms with van der Waals surface area (Å²) in [5, 5.41) is 0. The summed E-state index contributed by atoms with van der Waals surface area (Å²) in [4.78, 5) is 38.1. The molecule has 0 aliphatic carbocycles. The molecule has 0 bridgehead atoms. The summed E-state index contributed by atoms with van der Waals surface area (Å²) in [6, 6.07) is 0. The van der Waals surface area contributed by atoms with Crippen molar-refractivity contribution in [3.63, 3.8) is 0 Å². The Bertz CT molecular complexity index is 1730. The number of esters is 3. The third-order valence-electron chi connectivity index (χ3n) is 10.5. The van der Waals surface area contributed by atoms with Gasteiger partial charge in [-0.3, -0.25) is 14.4 Å². The van der Waals surface area contributed by atoms with Crippen LogP contribution >= 0.6 is 0 Å². The van der Waals surface area contributed by atoms with E-state index in [1.54, 1.807) is 0 Å². The molecule has 0 radical (unpaired) electrons. The Balaban J connectivity index is 4.67. The first kappa shape index (κ1) is 65.5. The van der Waals surface area contributed by atoms with Gasteiger partial charge in [-0.1, -0.05) is 235 Å². The minimum absolute atomic E-state index is 0.139. The summed E-state index contributed by atoms with van der Waals surface area (Å²) < 4.78 is 16.7. The molecular weight excluding hydrogens is 877 g/mol. The molecule has 0 amide bonds. The molecule has 6 nitrogen and oxygen atoms in total. The first-order valence-electron chi connectivity index (χ1n) is 27.4. The molecule has 0 aromatic rings. The van der Waals surface area contributed by atoms with Gasteiger partial charge < -0.3 is 14.2 Å². The van der Waals surface area contributed by atoms with Gasteiger partial charge in [0.25, 0.3) is 0 Å². The van der Waals surface area contributed by atoms with Crippen molar-refractivity contribution in [3.05, 3.63) is 182 Å². The molecule has 6 heteroatoms. The minimum Gasteiger partial charge on any atom is -0.462 e. The second-order valence-corrected chi connectivity index (χ2v) is 17.1. The summed E-state index contributed by atoms with van der Waals surface area (Å²) in [5.41, 5.74) is 0. The smallest absolute Gasteiger partial charge is 0.306 e. The lowest BCUT2D eigenvalue weighted by Gasteiger charge is -2.18. The molecule has 71 heavy (non-hydrogen) atoms. The van der Waals surface area contributed by atoms with Crippen LogP contribution in [0.2, 0.25) is 0 Å². The quantitative estimate of drug-likeness (QED) is 0.0199. The maximum Gasteiger partial charge on any atom is 0.306 e. The van der Waals surface area contributed by atoms with Crippen molar-refractivity contribution in [2.45, 2.75) is 194 Å². The largest absolute Gasteiger partial charge is 0.462 e. The Hall–Kier alpha value is -5.49. The minimum atomic E-state index is -0.847. The number of hydrogen-bond acceptors (Lipinski definition) is 6. The van der Waals surface area contributed by atoms with Gasteiger partial charge in [0.15, 0.2) is 6.10 Å². The molecule has 1 atom stereocenters. The van der Waals surface area contributed by atoms with E-state index in [2.05, 4.69) is 154 Å². The van der Waals surface area contributed by atoms with Crippen molar-refractivity contribution < 1.29 is 28.6 Å². The lowest BCUT2D eigenvalue weighted by molar-refractivity contribution is -0.166. The van der Waals surface area contributed by atoms with Crippen LogP contribution in [0.5, 0.6) is 0 Å². The highest BCUT2D eigenvalue weighted by atomic mass is 16.6. The third kappa shape index (κ3) is 55.3. The standard InChI is InChI=1S/C65H96O6/c1-4-7-10-13-16-19-22-25-28-31-33-35-37-40-43-46-49-52-55-58-64(67)70-61-62(60-69-63(66)57-54-51-48-45-42-39-36-30-27-24-21-18-15-12-9-6-3)71-65(68)59-56-53-50-47-44-41-38-34-32-29-26-23-20-17-14-11-8-5-2/h7,9-12,14,16-21,23,25-30,32-35,38-40,42-43,49,52,62H,4-6,8,13,15,22,24,31,36-37,41,44-48,50-51,53-61H2,1-3H3/b10-7-,12-9-,14-11-,19-16-,20-17-,21-18-,26-23-,28-25-,30-27-,32-29-,35-33-,38-34-,42-39-,43-40-,52-49-. The van der Waals surface area contributed by atoms with E-state index in [1.165, 1.54) is 6.42 Å². The summed E-state index contributed by atoms with van der Waals surface area (Å²) >= 11 is 0. The van der Waals surface area contributed by atoms with E-state index in [9.17, 15) is 14.4 Å². The zero-order valence-electron chi connectivity index (χ0n) is 44.6. The molecule has 0 N–H and O–H groups in total. The van der Waals surface area contributed by atoms with E-state index in [4.69, 9.17) is 14.2 Å². The van der Waals surface area contributed by atoms with Crippen molar-refractivity contribution in [2.75, 3.05) is 13.2 Å². The highest BCUT2D eigenvalue weighted by Crippen LogP contribution is 2.11. The summed E-state index contributed by atoms with van der Waals surface area (Å²) in [5.74, 6) is -1.09. The Morgan fingerprint density at radius 1 is 0.310 bits per heavy atom. The fraction of sp³-hybridized carbons (Fsp3) is 0.492. The highest BCUT2D eigenvalue weighted by molar-refractivity contribution is 5.71. The van der Waals surface area contributed by atoms with Crippen molar-refractivity contribution >= 4 is 17.9 Å². The monoisotopic (exact) mass is 973 g/mol. The molecule has 0 aromatic heterocycles. The molecule has 0 saturated carbocycles. The van der Waals surface area contributed by atoms with Gasteiger partial charge in [-0.05, 0) is 116 Å². The van der Waals surface area contributed by atoms with Crippen LogP contribution < -0.4 is 0 Å². The van der Waals surface area contributed by atoms with Gasteiger partial charge in [0.2, 0.25) is 0 Å². The Labute approximate surface area is 434 Å². The van der Waals surface area contributed by atoms with Crippen LogP contribution in [0, 0.1) is 0 Å².